The van der Waals surface area contributed by atoms with Gasteiger partial charge < -0.3 is 24.0 Å². The van der Waals surface area contributed by atoms with Crippen LogP contribution in [-0.2, 0) is 35.8 Å². The van der Waals surface area contributed by atoms with Crippen molar-refractivity contribution in [1.82, 2.24) is 4.90 Å². The largest absolute Gasteiger partial charge is 0.490 e. The van der Waals surface area contributed by atoms with E-state index in [0.29, 0.717) is 43.5 Å². The number of hydrogen-bond acceptors (Lipinski definition) is 7. The second-order valence-corrected chi connectivity index (χ2v) is 18.4. The predicted molar refractivity (Wildman–Crippen MR) is 197 cm³/mol. The van der Waals surface area contributed by atoms with Gasteiger partial charge in [-0.25, -0.2) is 4.21 Å². The van der Waals surface area contributed by atoms with Crippen LogP contribution in [0.4, 0.5) is 5.69 Å². The highest BCUT2D eigenvalue weighted by atomic mass is 35.5. The van der Waals surface area contributed by atoms with E-state index in [9.17, 15) is 13.8 Å². The van der Waals surface area contributed by atoms with Crippen LogP contribution < -0.4 is 9.64 Å². The lowest BCUT2D eigenvalue weighted by molar-refractivity contribution is -0.155. The first kappa shape index (κ1) is 35.5. The molecule has 2 fully saturated rings. The maximum Gasteiger partial charge on any atom is 0.285 e. The first-order valence-electron chi connectivity index (χ1n) is 18.0. The Morgan fingerprint density at radius 1 is 1.14 bits per heavy atom. The first-order valence-corrected chi connectivity index (χ1v) is 20.3. The van der Waals surface area contributed by atoms with Crippen molar-refractivity contribution in [3.8, 4) is 5.75 Å². The van der Waals surface area contributed by atoms with Crippen LogP contribution >= 0.6 is 11.6 Å². The molecule has 0 aromatic heterocycles. The summed E-state index contributed by atoms with van der Waals surface area (Å²) in [5.74, 6) is 0.425. The maximum absolute atomic E-state index is 14.6. The van der Waals surface area contributed by atoms with E-state index in [1.54, 1.807) is 25.2 Å². The van der Waals surface area contributed by atoms with Gasteiger partial charge in [-0.1, -0.05) is 36.7 Å². The Balaban J connectivity index is 1.27. The molecule has 50 heavy (non-hydrogen) atoms. The summed E-state index contributed by atoms with van der Waals surface area (Å²) in [5.41, 5.74) is 3.10. The van der Waals surface area contributed by atoms with Crippen molar-refractivity contribution in [3.63, 3.8) is 0 Å². The number of hydrogen-bond donors (Lipinski definition) is 0. The number of allylic oxidation sites excluding steroid dienone is 1. The van der Waals surface area contributed by atoms with Gasteiger partial charge in [-0.2, -0.15) is 4.36 Å². The lowest BCUT2D eigenvalue weighted by atomic mass is 9.68. The molecule has 1 saturated heterocycles. The molecule has 11 heteroatoms. The number of fused-ring (bicyclic) bond motifs is 4. The third-order valence-electron chi connectivity index (χ3n) is 11.8. The van der Waals surface area contributed by atoms with Crippen molar-refractivity contribution in [2.45, 2.75) is 69.5 Å². The van der Waals surface area contributed by atoms with E-state index in [1.807, 2.05) is 32.0 Å². The highest BCUT2D eigenvalue weighted by Crippen LogP contribution is 2.47. The lowest BCUT2D eigenvalue weighted by Gasteiger charge is -2.46. The summed E-state index contributed by atoms with van der Waals surface area (Å²) in [6, 6.07) is 11.7. The van der Waals surface area contributed by atoms with Crippen LogP contribution in [0.15, 0.2) is 52.9 Å². The molecule has 2 aromatic rings. The lowest BCUT2D eigenvalue weighted by Crippen LogP contribution is -2.63. The second kappa shape index (κ2) is 13.9. The zero-order valence-electron chi connectivity index (χ0n) is 29.7. The summed E-state index contributed by atoms with van der Waals surface area (Å²) in [5, 5.41) is 0.748. The van der Waals surface area contributed by atoms with E-state index < -0.39 is 21.2 Å². The summed E-state index contributed by atoms with van der Waals surface area (Å²) in [6.07, 6.45) is 10.1. The monoisotopic (exact) mass is 723 g/mol. The molecule has 0 N–H and O–H groups in total. The van der Waals surface area contributed by atoms with Crippen LogP contribution in [0.1, 0.15) is 67.4 Å². The van der Waals surface area contributed by atoms with Gasteiger partial charge in [0, 0.05) is 49.1 Å². The van der Waals surface area contributed by atoms with E-state index in [0.717, 1.165) is 61.7 Å². The average Bonchev–Trinajstić information content (AvgIpc) is 3.20. The maximum atomic E-state index is 14.6. The molecule has 1 saturated carbocycles. The Morgan fingerprint density at radius 3 is 2.70 bits per heavy atom. The number of ether oxygens (including phenoxy) is 3. The number of anilines is 1. The molecule has 270 valence electrons. The molecule has 1 spiro atoms. The Hall–Kier alpha value is -2.92. The van der Waals surface area contributed by atoms with Gasteiger partial charge in [0.05, 0.1) is 46.8 Å². The van der Waals surface area contributed by atoms with Gasteiger partial charge in [0.15, 0.2) is 0 Å². The highest BCUT2D eigenvalue weighted by Gasteiger charge is 2.45. The molecule has 2 aromatic carbocycles. The van der Waals surface area contributed by atoms with Crippen LogP contribution in [0.3, 0.4) is 0 Å². The van der Waals surface area contributed by atoms with Gasteiger partial charge in [-0.3, -0.25) is 9.59 Å². The normalized spacial score (nSPS) is 32.7. The zero-order chi connectivity index (χ0) is 35.3. The number of rotatable bonds is 4. The SMILES string of the molecule is CO[C@H]1/C=C/C[C@H](C)C[S@@](=O)(CC(=O)N2CC(C)(OC)C2)=NC(=O)c2ccc3c(c2)N(CC2CC[C@H]21)C[C@@]1(CCCc2cc(Cl)ccc21)CO3. The van der Waals surface area contributed by atoms with Crippen LogP contribution in [0.5, 0.6) is 5.75 Å². The van der Waals surface area contributed by atoms with E-state index >= 15 is 0 Å². The standard InChI is InChI=1S/C39H50ClN3O6S/c1-26-7-5-9-34(47-3)31-13-10-29(31)19-42-24-39(16-6-8-27-17-30(40)12-14-32(27)39)25-49-35-15-11-28(18-33(35)42)37(45)41-50(46,20-26)21-36(44)43-22-38(2,23-43)48-4/h5,9,11-12,14-15,17-18,26,29,31,34H,6-8,10,13,16,19-25H2,1-4H3/b9-5+/t26-,29?,31+,34-,39-,50+/m0/s1. The molecule has 2 bridgehead atoms. The number of benzene rings is 2. The van der Waals surface area contributed by atoms with Crippen molar-refractivity contribution in [2.24, 2.45) is 22.1 Å². The molecule has 0 radical (unpaired) electrons. The number of amides is 2. The first-order chi connectivity index (χ1) is 23.9. The molecule has 7 rings (SSSR count). The summed E-state index contributed by atoms with van der Waals surface area (Å²) < 4.78 is 37.2. The van der Waals surface area contributed by atoms with Gasteiger partial charge >= 0.3 is 0 Å². The summed E-state index contributed by atoms with van der Waals surface area (Å²) in [7, 11) is 0.171. The smallest absolute Gasteiger partial charge is 0.285 e. The average molecular weight is 724 g/mol. The Morgan fingerprint density at radius 2 is 1.96 bits per heavy atom. The van der Waals surface area contributed by atoms with Crippen LogP contribution in [-0.4, -0.2) is 91.1 Å². The minimum absolute atomic E-state index is 0.0342. The number of aryl methyl sites for hydroxylation is 1. The van der Waals surface area contributed by atoms with E-state index in [-0.39, 0.29) is 34.8 Å². The third kappa shape index (κ3) is 6.97. The molecule has 5 aliphatic rings. The summed E-state index contributed by atoms with van der Waals surface area (Å²) in [6.45, 7) is 6.84. The number of likely N-dealkylation sites (tertiary alicyclic amines) is 1. The number of methoxy groups -OCH3 is 2. The fourth-order valence-electron chi connectivity index (χ4n) is 8.82. The Labute approximate surface area is 301 Å². The summed E-state index contributed by atoms with van der Waals surface area (Å²) in [4.78, 5) is 31.4. The zero-order valence-corrected chi connectivity index (χ0v) is 31.3. The minimum Gasteiger partial charge on any atom is -0.490 e. The molecule has 1 unspecified atom stereocenters. The third-order valence-corrected chi connectivity index (χ3v) is 14.3. The molecule has 2 aliphatic carbocycles. The fourth-order valence-corrected chi connectivity index (χ4v) is 11.3. The van der Waals surface area contributed by atoms with Crippen molar-refractivity contribution in [1.29, 1.82) is 0 Å². The summed E-state index contributed by atoms with van der Waals surface area (Å²) >= 11 is 6.46. The number of nitrogens with zero attached hydrogens (tertiary/aromatic N) is 3. The number of halogens is 1. The molecular formula is C39H50ClN3O6S. The topological polar surface area (TPSA) is 97.7 Å². The fraction of sp³-hybridized carbons (Fsp3) is 0.590. The molecule has 9 nitrogen and oxygen atoms in total. The van der Waals surface area contributed by atoms with Gasteiger partial charge in [0.1, 0.15) is 11.5 Å². The van der Waals surface area contributed by atoms with Crippen LogP contribution in [0.2, 0.25) is 5.02 Å². The van der Waals surface area contributed by atoms with Crippen LogP contribution in [0.25, 0.3) is 0 Å². The number of carbonyl (C=O) groups excluding carboxylic acids is 2. The van der Waals surface area contributed by atoms with Gasteiger partial charge in [0.25, 0.3) is 5.91 Å². The molecule has 3 aliphatic heterocycles. The van der Waals surface area contributed by atoms with E-state index in [4.69, 9.17) is 25.8 Å². The van der Waals surface area contributed by atoms with Crippen molar-refractivity contribution < 1.29 is 28.0 Å². The van der Waals surface area contributed by atoms with E-state index in [2.05, 4.69) is 33.5 Å². The number of carbonyl (C=O) groups is 2. The van der Waals surface area contributed by atoms with Gasteiger partial charge in [0.2, 0.25) is 5.91 Å². The van der Waals surface area contributed by atoms with Crippen LogP contribution in [0, 0.1) is 17.8 Å². The van der Waals surface area contributed by atoms with Gasteiger partial charge in [-0.15, -0.1) is 0 Å². The van der Waals surface area contributed by atoms with Crippen molar-refractivity contribution >= 4 is 38.8 Å². The predicted octanol–water partition coefficient (Wildman–Crippen LogP) is 6.31. The molecular weight excluding hydrogens is 674 g/mol. The van der Waals surface area contributed by atoms with E-state index in [1.165, 1.54) is 11.1 Å². The van der Waals surface area contributed by atoms with Gasteiger partial charge in [-0.05, 0) is 105 Å². The van der Waals surface area contributed by atoms with Crippen molar-refractivity contribution in [3.05, 3.63) is 70.3 Å². The molecule has 6 atom stereocenters. The molecule has 3 heterocycles. The molecule has 2 amide bonds. The second-order valence-electron chi connectivity index (χ2n) is 15.6. The Bertz CT molecular complexity index is 1800. The minimum atomic E-state index is -3.23. The highest BCUT2D eigenvalue weighted by molar-refractivity contribution is 7.94. The quantitative estimate of drug-likeness (QED) is 0.342. The Kier molecular flexibility index (Phi) is 9.86. The van der Waals surface area contributed by atoms with Crippen molar-refractivity contribution in [2.75, 3.05) is 63.4 Å².